The SMILES string of the molecule is Cl[C@]12CN(c3ccccc3)[C@@]1(c1ccccc1)OCCS2. The van der Waals surface area contributed by atoms with Gasteiger partial charge in [0.15, 0.2) is 9.93 Å². The summed E-state index contributed by atoms with van der Waals surface area (Å²) in [6.45, 7) is 1.51. The van der Waals surface area contributed by atoms with Crippen LogP contribution in [0.25, 0.3) is 0 Å². The number of rotatable bonds is 2. The second-order valence-corrected chi connectivity index (χ2v) is 7.62. The van der Waals surface area contributed by atoms with E-state index in [1.54, 1.807) is 11.8 Å². The Morgan fingerprint density at radius 3 is 2.33 bits per heavy atom. The van der Waals surface area contributed by atoms with Gasteiger partial charge in [0.05, 0.1) is 13.2 Å². The molecular weight excluding hydrogens is 302 g/mol. The summed E-state index contributed by atoms with van der Waals surface area (Å²) in [6, 6.07) is 20.7. The predicted molar refractivity (Wildman–Crippen MR) is 88.9 cm³/mol. The Hall–Kier alpha value is -1.16. The lowest BCUT2D eigenvalue weighted by Crippen LogP contribution is -2.76. The number of thioether (sulfide) groups is 1. The summed E-state index contributed by atoms with van der Waals surface area (Å²) in [5.74, 6) is 0.945. The molecule has 2 aromatic rings. The number of para-hydroxylation sites is 1. The first-order chi connectivity index (χ1) is 10.3. The van der Waals surface area contributed by atoms with Gasteiger partial charge in [0, 0.05) is 17.0 Å². The first-order valence-corrected chi connectivity index (χ1v) is 8.48. The maximum atomic E-state index is 6.94. The number of alkyl halides is 1. The van der Waals surface area contributed by atoms with Crippen LogP contribution in [0.2, 0.25) is 0 Å². The molecule has 0 spiro atoms. The van der Waals surface area contributed by atoms with E-state index in [1.165, 1.54) is 0 Å². The number of benzene rings is 2. The molecule has 2 aliphatic heterocycles. The average Bonchev–Trinajstić information content (AvgIpc) is 2.53. The number of anilines is 1. The summed E-state index contributed by atoms with van der Waals surface area (Å²) in [6.07, 6.45) is 0. The Labute approximate surface area is 134 Å². The first kappa shape index (κ1) is 13.5. The Morgan fingerprint density at radius 1 is 1.00 bits per heavy atom. The number of nitrogens with zero attached hydrogens (tertiary/aromatic N) is 1. The largest absolute Gasteiger partial charge is 0.348 e. The van der Waals surface area contributed by atoms with Crippen molar-refractivity contribution in [3.05, 3.63) is 66.2 Å². The zero-order valence-electron chi connectivity index (χ0n) is 11.5. The molecule has 2 nitrogen and oxygen atoms in total. The van der Waals surface area contributed by atoms with Crippen molar-refractivity contribution in [2.75, 3.05) is 23.8 Å². The zero-order valence-corrected chi connectivity index (χ0v) is 13.1. The molecule has 0 amide bonds. The van der Waals surface area contributed by atoms with E-state index in [1.807, 2.05) is 24.3 Å². The maximum absolute atomic E-state index is 6.94. The van der Waals surface area contributed by atoms with Gasteiger partial charge in [-0.3, -0.25) is 0 Å². The second kappa shape index (κ2) is 4.94. The number of halogens is 1. The van der Waals surface area contributed by atoms with Crippen molar-refractivity contribution >= 4 is 29.1 Å². The quantitative estimate of drug-likeness (QED) is 0.775. The second-order valence-electron chi connectivity index (χ2n) is 5.36. The number of hydrogen-bond donors (Lipinski definition) is 0. The van der Waals surface area contributed by atoms with Gasteiger partial charge in [-0.2, -0.15) is 0 Å². The van der Waals surface area contributed by atoms with Gasteiger partial charge in [0.25, 0.3) is 0 Å². The third-order valence-corrected chi connectivity index (χ3v) is 6.14. The van der Waals surface area contributed by atoms with Crippen molar-refractivity contribution in [1.82, 2.24) is 0 Å². The van der Waals surface area contributed by atoms with Gasteiger partial charge < -0.3 is 9.64 Å². The summed E-state index contributed by atoms with van der Waals surface area (Å²) in [4.78, 5) is 2.28. The highest BCUT2D eigenvalue weighted by atomic mass is 35.5. The highest BCUT2D eigenvalue weighted by Crippen LogP contribution is 2.61. The normalized spacial score (nSPS) is 31.4. The van der Waals surface area contributed by atoms with E-state index in [4.69, 9.17) is 16.3 Å². The van der Waals surface area contributed by atoms with E-state index in [9.17, 15) is 0 Å². The summed E-state index contributed by atoms with van der Waals surface area (Å²) < 4.78 is 5.88. The highest BCUT2D eigenvalue weighted by molar-refractivity contribution is 8.02. The number of ether oxygens (including phenoxy) is 1. The molecule has 2 saturated heterocycles. The van der Waals surface area contributed by atoms with E-state index in [0.717, 1.165) is 30.2 Å². The molecule has 0 aromatic heterocycles. The zero-order chi connectivity index (χ0) is 14.3. The lowest BCUT2D eigenvalue weighted by atomic mass is 9.87. The van der Waals surface area contributed by atoms with Crippen molar-refractivity contribution < 1.29 is 4.74 Å². The van der Waals surface area contributed by atoms with Gasteiger partial charge in [0.2, 0.25) is 0 Å². The van der Waals surface area contributed by atoms with E-state index in [0.29, 0.717) is 0 Å². The lowest BCUT2D eigenvalue weighted by Gasteiger charge is -2.65. The van der Waals surface area contributed by atoms with Gasteiger partial charge in [-0.1, -0.05) is 60.1 Å². The van der Waals surface area contributed by atoms with Crippen LogP contribution in [0.3, 0.4) is 0 Å². The average molecular weight is 318 g/mol. The molecule has 0 bridgehead atoms. The van der Waals surface area contributed by atoms with Crippen molar-refractivity contribution in [1.29, 1.82) is 0 Å². The molecule has 4 rings (SSSR count). The molecule has 2 aliphatic rings. The molecule has 21 heavy (non-hydrogen) atoms. The van der Waals surface area contributed by atoms with Crippen LogP contribution in [0.1, 0.15) is 5.56 Å². The first-order valence-electron chi connectivity index (χ1n) is 7.11. The Kier molecular flexibility index (Phi) is 3.18. The molecule has 4 heteroatoms. The Bertz CT molecular complexity index is 638. The standard InChI is InChI=1S/C17H16ClNOS/c18-16-13-19(15-9-5-2-6-10-15)17(16,20-11-12-21-16)14-7-3-1-4-8-14/h1-10H,11-13H2/t16-,17-/m0/s1. The van der Waals surface area contributed by atoms with Crippen LogP contribution in [0.15, 0.2) is 60.7 Å². The minimum absolute atomic E-state index is 0.414. The van der Waals surface area contributed by atoms with Crippen LogP contribution in [-0.4, -0.2) is 23.1 Å². The molecule has 0 aliphatic carbocycles. The highest BCUT2D eigenvalue weighted by Gasteiger charge is 2.68. The number of fused-ring (bicyclic) bond motifs is 1. The molecule has 0 N–H and O–H groups in total. The van der Waals surface area contributed by atoms with E-state index in [-0.39, 0.29) is 0 Å². The van der Waals surface area contributed by atoms with Crippen LogP contribution in [0, 0.1) is 0 Å². The molecule has 2 atom stereocenters. The minimum atomic E-state index is -0.569. The summed E-state index contributed by atoms with van der Waals surface area (Å²) in [7, 11) is 0. The maximum Gasteiger partial charge on any atom is 0.198 e. The van der Waals surface area contributed by atoms with E-state index >= 15 is 0 Å². The molecule has 2 fully saturated rings. The molecule has 2 heterocycles. The minimum Gasteiger partial charge on any atom is -0.348 e. The topological polar surface area (TPSA) is 12.5 Å². The Balaban J connectivity index is 1.84. The summed E-state index contributed by atoms with van der Waals surface area (Å²) >= 11 is 8.75. The van der Waals surface area contributed by atoms with Crippen molar-refractivity contribution in [2.24, 2.45) is 0 Å². The summed E-state index contributed by atoms with van der Waals surface area (Å²) in [5, 5.41) is 0. The molecule has 0 saturated carbocycles. The van der Waals surface area contributed by atoms with Gasteiger partial charge in [-0.15, -0.1) is 11.8 Å². The van der Waals surface area contributed by atoms with E-state index < -0.39 is 9.93 Å². The van der Waals surface area contributed by atoms with Gasteiger partial charge in [-0.25, -0.2) is 0 Å². The van der Waals surface area contributed by atoms with Crippen LogP contribution in [-0.2, 0) is 10.5 Å². The molecule has 108 valence electrons. The number of hydrogen-bond acceptors (Lipinski definition) is 3. The summed E-state index contributed by atoms with van der Waals surface area (Å²) in [5.41, 5.74) is 1.71. The van der Waals surface area contributed by atoms with Crippen molar-refractivity contribution in [3.63, 3.8) is 0 Å². The van der Waals surface area contributed by atoms with Crippen LogP contribution in [0.5, 0.6) is 0 Å². The smallest absolute Gasteiger partial charge is 0.198 e. The fourth-order valence-corrected chi connectivity index (χ4v) is 5.06. The monoisotopic (exact) mass is 317 g/mol. The molecule has 0 unspecified atom stereocenters. The van der Waals surface area contributed by atoms with Gasteiger partial charge >= 0.3 is 0 Å². The van der Waals surface area contributed by atoms with Crippen LogP contribution < -0.4 is 4.90 Å². The van der Waals surface area contributed by atoms with Gasteiger partial charge in [0.1, 0.15) is 0 Å². The molecule has 0 radical (unpaired) electrons. The molecular formula is C17H16ClNOS. The van der Waals surface area contributed by atoms with Crippen LogP contribution >= 0.6 is 23.4 Å². The third-order valence-electron chi connectivity index (χ3n) is 4.21. The lowest BCUT2D eigenvalue weighted by molar-refractivity contribution is -0.0992. The van der Waals surface area contributed by atoms with Crippen LogP contribution in [0.4, 0.5) is 5.69 Å². The van der Waals surface area contributed by atoms with E-state index in [2.05, 4.69) is 41.3 Å². The fraction of sp³-hybridized carbons (Fsp3) is 0.294. The van der Waals surface area contributed by atoms with Gasteiger partial charge in [-0.05, 0) is 12.1 Å². The third kappa shape index (κ3) is 1.84. The fourth-order valence-electron chi connectivity index (χ4n) is 3.25. The molecule has 2 aromatic carbocycles. The Morgan fingerprint density at radius 2 is 1.67 bits per heavy atom. The predicted octanol–water partition coefficient (Wildman–Crippen LogP) is 4.06. The van der Waals surface area contributed by atoms with Crippen molar-refractivity contribution in [3.8, 4) is 0 Å². The van der Waals surface area contributed by atoms with Crippen molar-refractivity contribution in [2.45, 2.75) is 9.93 Å².